The van der Waals surface area contributed by atoms with Gasteiger partial charge in [-0.25, -0.2) is 9.97 Å². The van der Waals surface area contributed by atoms with E-state index in [2.05, 4.69) is 9.97 Å². The number of nitrogen functional groups attached to an aromatic ring is 1. The van der Waals surface area contributed by atoms with Crippen LogP contribution in [0.3, 0.4) is 0 Å². The third kappa shape index (κ3) is 1.41. The molecule has 0 spiro atoms. The van der Waals surface area contributed by atoms with E-state index in [9.17, 15) is 0 Å². The molecule has 0 aliphatic rings. The number of aromatic nitrogens is 2. The molecule has 0 aliphatic carbocycles. The summed E-state index contributed by atoms with van der Waals surface area (Å²) < 4.78 is 0. The Morgan fingerprint density at radius 3 is 2.79 bits per heavy atom. The van der Waals surface area contributed by atoms with Crippen molar-refractivity contribution < 1.29 is 0 Å². The van der Waals surface area contributed by atoms with Crippen molar-refractivity contribution in [3.05, 3.63) is 29.6 Å². The molecule has 0 saturated heterocycles. The lowest BCUT2D eigenvalue weighted by atomic mass is 10.1. The fraction of sp³-hybridized carbons (Fsp3) is 0.273. The lowest BCUT2D eigenvalue weighted by Crippen LogP contribution is -1.99. The molecule has 0 atom stereocenters. The van der Waals surface area contributed by atoms with E-state index in [-0.39, 0.29) is 0 Å². The van der Waals surface area contributed by atoms with E-state index in [0.29, 0.717) is 5.82 Å². The van der Waals surface area contributed by atoms with Gasteiger partial charge in [0, 0.05) is 11.8 Å². The minimum atomic E-state index is 0.579. The fourth-order valence-corrected chi connectivity index (χ4v) is 1.47. The Balaban J connectivity index is 2.76. The Bertz CT molecular complexity index is 477. The first-order valence-electron chi connectivity index (χ1n) is 4.73. The van der Waals surface area contributed by atoms with Crippen LogP contribution in [0.4, 0.5) is 5.82 Å². The molecule has 0 radical (unpaired) electrons. The Morgan fingerprint density at radius 2 is 2.07 bits per heavy atom. The summed E-state index contributed by atoms with van der Waals surface area (Å²) >= 11 is 0. The fourth-order valence-electron chi connectivity index (χ4n) is 1.47. The van der Waals surface area contributed by atoms with E-state index >= 15 is 0 Å². The van der Waals surface area contributed by atoms with Gasteiger partial charge in [0.2, 0.25) is 0 Å². The lowest BCUT2D eigenvalue weighted by Gasteiger charge is -2.04. The second kappa shape index (κ2) is 3.25. The predicted octanol–water partition coefficient (Wildman–Crippen LogP) is 2.08. The van der Waals surface area contributed by atoms with E-state index in [1.807, 2.05) is 32.0 Å². The third-order valence-electron chi connectivity index (χ3n) is 2.24. The Morgan fingerprint density at radius 1 is 1.29 bits per heavy atom. The van der Waals surface area contributed by atoms with Crippen molar-refractivity contribution in [1.82, 2.24) is 9.97 Å². The molecule has 1 heterocycles. The first-order chi connectivity index (χ1) is 6.70. The number of rotatable bonds is 1. The van der Waals surface area contributed by atoms with Crippen molar-refractivity contribution in [2.75, 3.05) is 5.73 Å². The maximum absolute atomic E-state index is 5.85. The molecule has 2 rings (SSSR count). The molecule has 3 heteroatoms. The summed E-state index contributed by atoms with van der Waals surface area (Å²) in [6, 6.07) is 6.04. The number of nitrogens with two attached hydrogens (primary N) is 1. The first-order valence-corrected chi connectivity index (χ1v) is 4.73. The molecule has 0 unspecified atom stereocenters. The molecule has 1 aromatic carbocycles. The number of nitrogens with zero attached hydrogens (tertiary/aromatic N) is 2. The molecular formula is C11H13N3. The van der Waals surface area contributed by atoms with Gasteiger partial charge in [0.25, 0.3) is 0 Å². The van der Waals surface area contributed by atoms with Crippen LogP contribution in [0, 0.1) is 6.92 Å². The average molecular weight is 187 g/mol. The third-order valence-corrected chi connectivity index (χ3v) is 2.24. The van der Waals surface area contributed by atoms with Crippen molar-refractivity contribution in [1.29, 1.82) is 0 Å². The van der Waals surface area contributed by atoms with Crippen molar-refractivity contribution in [3.8, 4) is 0 Å². The molecule has 2 N–H and O–H groups in total. The highest BCUT2D eigenvalue weighted by atomic mass is 14.9. The van der Waals surface area contributed by atoms with E-state index in [1.165, 1.54) is 5.56 Å². The predicted molar refractivity (Wildman–Crippen MR) is 58.1 cm³/mol. The molecule has 3 nitrogen and oxygen atoms in total. The van der Waals surface area contributed by atoms with Gasteiger partial charge in [-0.1, -0.05) is 18.6 Å². The van der Waals surface area contributed by atoms with E-state index in [1.54, 1.807) is 0 Å². The molecule has 1 aromatic heterocycles. The van der Waals surface area contributed by atoms with Gasteiger partial charge in [0.05, 0.1) is 5.52 Å². The van der Waals surface area contributed by atoms with Crippen LogP contribution in [-0.4, -0.2) is 9.97 Å². The molecule has 0 amide bonds. The van der Waals surface area contributed by atoms with E-state index in [0.717, 1.165) is 23.1 Å². The molecule has 0 saturated carbocycles. The number of hydrogen-bond donors (Lipinski definition) is 1. The minimum absolute atomic E-state index is 0.579. The zero-order valence-corrected chi connectivity index (χ0v) is 8.41. The van der Waals surface area contributed by atoms with Crippen LogP contribution in [0.25, 0.3) is 10.9 Å². The summed E-state index contributed by atoms with van der Waals surface area (Å²) in [7, 11) is 0. The molecular weight excluding hydrogens is 174 g/mol. The zero-order valence-electron chi connectivity index (χ0n) is 8.41. The van der Waals surface area contributed by atoms with Gasteiger partial charge in [-0.3, -0.25) is 0 Å². The Kier molecular flexibility index (Phi) is 2.08. The van der Waals surface area contributed by atoms with Crippen molar-refractivity contribution >= 4 is 16.7 Å². The highest BCUT2D eigenvalue weighted by Gasteiger charge is 2.03. The largest absolute Gasteiger partial charge is 0.383 e. The first kappa shape index (κ1) is 8.94. The lowest BCUT2D eigenvalue weighted by molar-refractivity contribution is 0.965. The van der Waals surface area contributed by atoms with Crippen LogP contribution in [-0.2, 0) is 6.42 Å². The summed E-state index contributed by atoms with van der Waals surface area (Å²) in [5.74, 6) is 1.38. The number of anilines is 1. The number of benzene rings is 1. The monoisotopic (exact) mass is 187 g/mol. The van der Waals surface area contributed by atoms with Gasteiger partial charge in [0.15, 0.2) is 0 Å². The summed E-state index contributed by atoms with van der Waals surface area (Å²) in [5.41, 5.74) is 7.96. The van der Waals surface area contributed by atoms with E-state index < -0.39 is 0 Å². The summed E-state index contributed by atoms with van der Waals surface area (Å²) in [5, 5.41) is 0.946. The van der Waals surface area contributed by atoms with Gasteiger partial charge < -0.3 is 5.73 Å². The maximum Gasteiger partial charge on any atom is 0.135 e. The molecule has 2 aromatic rings. The molecule has 0 bridgehead atoms. The second-order valence-corrected chi connectivity index (χ2v) is 3.40. The van der Waals surface area contributed by atoms with Crippen LogP contribution in [0.15, 0.2) is 18.2 Å². The summed E-state index contributed by atoms with van der Waals surface area (Å²) in [6.07, 6.45) is 0.814. The van der Waals surface area contributed by atoms with Crippen molar-refractivity contribution in [2.45, 2.75) is 20.3 Å². The molecule has 14 heavy (non-hydrogen) atoms. The summed E-state index contributed by atoms with van der Waals surface area (Å²) in [4.78, 5) is 8.63. The average Bonchev–Trinajstić information content (AvgIpc) is 2.19. The van der Waals surface area contributed by atoms with Crippen LogP contribution < -0.4 is 5.73 Å². The quantitative estimate of drug-likeness (QED) is 0.743. The minimum Gasteiger partial charge on any atom is -0.383 e. The van der Waals surface area contributed by atoms with E-state index in [4.69, 9.17) is 5.73 Å². The smallest absolute Gasteiger partial charge is 0.135 e. The van der Waals surface area contributed by atoms with Crippen LogP contribution in [0.2, 0.25) is 0 Å². The molecule has 72 valence electrons. The van der Waals surface area contributed by atoms with Gasteiger partial charge in [-0.05, 0) is 19.1 Å². The van der Waals surface area contributed by atoms with Gasteiger partial charge >= 0.3 is 0 Å². The van der Waals surface area contributed by atoms with Crippen LogP contribution in [0.5, 0.6) is 0 Å². The van der Waals surface area contributed by atoms with Crippen LogP contribution in [0.1, 0.15) is 18.3 Å². The number of fused-ring (bicyclic) bond motifs is 1. The highest BCUT2D eigenvalue weighted by molar-refractivity contribution is 5.88. The molecule has 0 fully saturated rings. The topological polar surface area (TPSA) is 51.8 Å². The summed E-state index contributed by atoms with van der Waals surface area (Å²) in [6.45, 7) is 4.06. The van der Waals surface area contributed by atoms with Gasteiger partial charge in [0.1, 0.15) is 11.6 Å². The Labute approximate surface area is 83.0 Å². The number of hydrogen-bond acceptors (Lipinski definition) is 3. The Hall–Kier alpha value is -1.64. The maximum atomic E-state index is 5.85. The SMILES string of the molecule is CCc1nc(N)c2cc(C)ccc2n1. The van der Waals surface area contributed by atoms with Gasteiger partial charge in [-0.2, -0.15) is 0 Å². The zero-order chi connectivity index (χ0) is 10.1. The van der Waals surface area contributed by atoms with Crippen LogP contribution >= 0.6 is 0 Å². The standard InChI is InChI=1S/C11H13N3/c1-3-10-13-9-5-4-7(2)6-8(9)11(12)14-10/h4-6H,3H2,1-2H3,(H2,12,13,14). The number of aryl methyl sites for hydroxylation is 2. The second-order valence-electron chi connectivity index (χ2n) is 3.40. The normalized spacial score (nSPS) is 10.7. The molecule has 0 aliphatic heterocycles. The highest BCUT2D eigenvalue weighted by Crippen LogP contribution is 2.19. The van der Waals surface area contributed by atoms with Gasteiger partial charge in [-0.15, -0.1) is 0 Å². The van der Waals surface area contributed by atoms with Crippen molar-refractivity contribution in [2.24, 2.45) is 0 Å². The van der Waals surface area contributed by atoms with Crippen molar-refractivity contribution in [3.63, 3.8) is 0 Å².